The van der Waals surface area contributed by atoms with Crippen LogP contribution >= 0.6 is 0 Å². The number of furan rings is 1. The van der Waals surface area contributed by atoms with Gasteiger partial charge in [-0.3, -0.25) is 0 Å². The lowest BCUT2D eigenvalue weighted by Crippen LogP contribution is -2.58. The standard InChI is InChI=1S/C17H13F7N2O3/c1-2-28-14(27)11-5-3-10(4-6-11)13-8-7-12(29-13)9-25-26-17(23,24)15(18,19)16(20,21)22/h3-9,26H,2H2,1H3/b25-9+. The second-order valence-electron chi connectivity index (χ2n) is 5.52. The number of carbonyl (C=O) groups is 1. The highest BCUT2D eigenvalue weighted by Gasteiger charge is 2.73. The van der Waals surface area contributed by atoms with Crippen LogP contribution < -0.4 is 5.43 Å². The van der Waals surface area contributed by atoms with Crippen LogP contribution in [0.5, 0.6) is 0 Å². The molecule has 2 aromatic rings. The van der Waals surface area contributed by atoms with Crippen LogP contribution in [0.4, 0.5) is 30.7 Å². The Bertz CT molecular complexity index is 874. The molecule has 1 aromatic carbocycles. The molecular weight excluding hydrogens is 413 g/mol. The minimum Gasteiger partial charge on any atom is -0.462 e. The number of ether oxygens (including phenoxy) is 1. The Kier molecular flexibility index (Phi) is 6.24. The van der Waals surface area contributed by atoms with Crippen molar-refractivity contribution < 1.29 is 44.7 Å². The van der Waals surface area contributed by atoms with Gasteiger partial charge in [0.2, 0.25) is 0 Å². The lowest BCUT2D eigenvalue weighted by atomic mass is 10.1. The van der Waals surface area contributed by atoms with E-state index in [2.05, 4.69) is 5.10 Å². The van der Waals surface area contributed by atoms with Crippen LogP contribution in [0, 0.1) is 0 Å². The minimum absolute atomic E-state index is 0.198. The highest BCUT2D eigenvalue weighted by Crippen LogP contribution is 2.45. The number of carbonyl (C=O) groups excluding carboxylic acids is 1. The number of nitrogens with one attached hydrogen (secondary N) is 1. The number of esters is 1. The van der Waals surface area contributed by atoms with Crippen LogP contribution in [0.25, 0.3) is 11.3 Å². The van der Waals surface area contributed by atoms with Crippen LogP contribution in [0.15, 0.2) is 45.9 Å². The first-order chi connectivity index (χ1) is 13.4. The molecule has 0 bridgehead atoms. The van der Waals surface area contributed by atoms with Gasteiger partial charge >= 0.3 is 24.1 Å². The molecule has 0 aliphatic carbocycles. The number of rotatable bonds is 7. The SMILES string of the molecule is CCOC(=O)c1ccc(-c2ccc(/C=N/NC(F)(F)C(F)(F)C(F)(F)F)o2)cc1. The van der Waals surface area contributed by atoms with Gasteiger partial charge in [-0.05, 0) is 31.2 Å². The van der Waals surface area contributed by atoms with Crippen molar-refractivity contribution in [3.8, 4) is 11.3 Å². The van der Waals surface area contributed by atoms with Crippen molar-refractivity contribution in [2.24, 2.45) is 5.10 Å². The van der Waals surface area contributed by atoms with Gasteiger partial charge in [0.05, 0.1) is 18.4 Å². The maximum Gasteiger partial charge on any atom is 0.462 e. The summed E-state index contributed by atoms with van der Waals surface area (Å²) < 4.78 is 97.7. The number of hydrazone groups is 1. The van der Waals surface area contributed by atoms with E-state index in [0.29, 0.717) is 17.2 Å². The summed E-state index contributed by atoms with van der Waals surface area (Å²) in [5, 5.41) is 2.70. The van der Waals surface area contributed by atoms with Gasteiger partial charge in [-0.15, -0.1) is 0 Å². The van der Waals surface area contributed by atoms with Gasteiger partial charge in [0.25, 0.3) is 0 Å². The van der Waals surface area contributed by atoms with Crippen molar-refractivity contribution in [3.63, 3.8) is 0 Å². The molecule has 0 amide bonds. The highest BCUT2D eigenvalue weighted by molar-refractivity contribution is 5.90. The summed E-state index contributed by atoms with van der Waals surface area (Å²) in [6.45, 7) is 1.84. The van der Waals surface area contributed by atoms with Gasteiger partial charge in [0.15, 0.2) is 0 Å². The van der Waals surface area contributed by atoms with E-state index in [1.807, 2.05) is 0 Å². The smallest absolute Gasteiger partial charge is 0.462 e. The van der Waals surface area contributed by atoms with Crippen LogP contribution in [-0.4, -0.2) is 36.9 Å². The van der Waals surface area contributed by atoms with Crippen molar-refractivity contribution in [1.82, 2.24) is 5.43 Å². The predicted molar refractivity (Wildman–Crippen MR) is 86.8 cm³/mol. The number of alkyl halides is 7. The van der Waals surface area contributed by atoms with Gasteiger partial charge in [-0.2, -0.15) is 35.8 Å². The molecular formula is C17H13F7N2O3. The molecule has 0 saturated heterocycles. The molecule has 158 valence electrons. The number of hydrogen-bond acceptors (Lipinski definition) is 5. The normalized spacial score (nSPS) is 13.0. The first-order valence-corrected chi connectivity index (χ1v) is 7.89. The summed E-state index contributed by atoms with van der Waals surface area (Å²) in [6.07, 6.45) is -5.95. The van der Waals surface area contributed by atoms with E-state index in [0.717, 1.165) is 0 Å². The van der Waals surface area contributed by atoms with E-state index >= 15 is 0 Å². The van der Waals surface area contributed by atoms with Crippen molar-refractivity contribution in [3.05, 3.63) is 47.7 Å². The van der Waals surface area contributed by atoms with E-state index in [1.54, 1.807) is 6.92 Å². The van der Waals surface area contributed by atoms with Crippen LogP contribution in [0.2, 0.25) is 0 Å². The van der Waals surface area contributed by atoms with Crippen molar-refractivity contribution in [2.75, 3.05) is 6.61 Å². The number of benzene rings is 1. The average molecular weight is 426 g/mol. The third kappa shape index (κ3) is 4.87. The van der Waals surface area contributed by atoms with Gasteiger partial charge in [-0.25, -0.2) is 10.2 Å². The number of nitrogens with zero attached hydrogens (tertiary/aromatic N) is 1. The molecule has 0 spiro atoms. The lowest BCUT2D eigenvalue weighted by molar-refractivity contribution is -0.361. The van der Waals surface area contributed by atoms with E-state index in [1.165, 1.54) is 36.4 Å². The summed E-state index contributed by atoms with van der Waals surface area (Å²) in [5.41, 5.74) is 1.24. The Morgan fingerprint density at radius 3 is 2.24 bits per heavy atom. The Balaban J connectivity index is 2.08. The highest BCUT2D eigenvalue weighted by atomic mass is 19.4. The van der Waals surface area contributed by atoms with Crippen molar-refractivity contribution >= 4 is 12.2 Å². The van der Waals surface area contributed by atoms with Crippen LogP contribution in [0.3, 0.4) is 0 Å². The van der Waals surface area contributed by atoms with E-state index < -0.39 is 24.1 Å². The number of halogens is 7. The fourth-order valence-corrected chi connectivity index (χ4v) is 1.99. The summed E-state index contributed by atoms with van der Waals surface area (Å²) in [4.78, 5) is 11.6. The molecule has 29 heavy (non-hydrogen) atoms. The molecule has 1 N–H and O–H groups in total. The molecule has 0 saturated carbocycles. The van der Waals surface area contributed by atoms with Gasteiger partial charge in [0.1, 0.15) is 11.5 Å². The second kappa shape index (κ2) is 8.13. The molecule has 2 rings (SSSR count). The zero-order valence-electron chi connectivity index (χ0n) is 14.6. The van der Waals surface area contributed by atoms with E-state index in [-0.39, 0.29) is 23.7 Å². The molecule has 0 aliphatic rings. The van der Waals surface area contributed by atoms with Crippen molar-refractivity contribution in [1.29, 1.82) is 0 Å². The lowest BCUT2D eigenvalue weighted by Gasteiger charge is -2.27. The summed E-state index contributed by atoms with van der Waals surface area (Å²) >= 11 is 0. The monoisotopic (exact) mass is 426 g/mol. The Morgan fingerprint density at radius 2 is 1.69 bits per heavy atom. The second-order valence-corrected chi connectivity index (χ2v) is 5.52. The zero-order valence-corrected chi connectivity index (χ0v) is 14.6. The largest absolute Gasteiger partial charge is 0.462 e. The molecule has 0 unspecified atom stereocenters. The third-order valence-corrected chi connectivity index (χ3v) is 3.45. The molecule has 12 heteroatoms. The fourth-order valence-electron chi connectivity index (χ4n) is 1.99. The quantitative estimate of drug-likeness (QED) is 0.226. The molecule has 1 aromatic heterocycles. The topological polar surface area (TPSA) is 63.8 Å². The Hall–Kier alpha value is -3.05. The van der Waals surface area contributed by atoms with Gasteiger partial charge in [0, 0.05) is 5.56 Å². The fraction of sp³-hybridized carbons (Fsp3) is 0.294. The van der Waals surface area contributed by atoms with Gasteiger partial charge in [-0.1, -0.05) is 12.1 Å². The van der Waals surface area contributed by atoms with E-state index in [9.17, 15) is 35.5 Å². The third-order valence-electron chi connectivity index (χ3n) is 3.45. The first kappa shape index (κ1) is 22.2. The van der Waals surface area contributed by atoms with Crippen LogP contribution in [0.1, 0.15) is 23.0 Å². The zero-order chi connectivity index (χ0) is 21.9. The van der Waals surface area contributed by atoms with Crippen LogP contribution in [-0.2, 0) is 4.74 Å². The Morgan fingerprint density at radius 1 is 1.07 bits per heavy atom. The molecule has 5 nitrogen and oxygen atoms in total. The summed E-state index contributed by atoms with van der Waals surface area (Å²) in [7, 11) is 0. The maximum atomic E-state index is 13.1. The maximum absolute atomic E-state index is 13.1. The predicted octanol–water partition coefficient (Wildman–Crippen LogP) is 4.84. The molecule has 1 heterocycles. The molecule has 0 atom stereocenters. The first-order valence-electron chi connectivity index (χ1n) is 7.89. The number of hydrogen-bond donors (Lipinski definition) is 1. The minimum atomic E-state index is -6.47. The summed E-state index contributed by atoms with van der Waals surface area (Å²) in [6, 6.07) is 2.84. The molecule has 0 radical (unpaired) electrons. The van der Waals surface area contributed by atoms with E-state index in [4.69, 9.17) is 9.15 Å². The summed E-state index contributed by atoms with van der Waals surface area (Å²) in [5.74, 6) is -6.86. The Labute approximate surface area is 159 Å². The molecule has 0 fully saturated rings. The van der Waals surface area contributed by atoms with Gasteiger partial charge < -0.3 is 9.15 Å². The van der Waals surface area contributed by atoms with Crippen molar-refractivity contribution in [2.45, 2.75) is 25.1 Å². The molecule has 0 aliphatic heterocycles. The average Bonchev–Trinajstić information content (AvgIpc) is 3.09.